The van der Waals surface area contributed by atoms with Crippen LogP contribution >= 0.6 is 0 Å². The first-order chi connectivity index (χ1) is 9.80. The molecular formula is C12H32N4O3Si2. The summed E-state index contributed by atoms with van der Waals surface area (Å²) in [4.78, 5) is 2.69. The predicted molar refractivity (Wildman–Crippen MR) is 91.6 cm³/mol. The van der Waals surface area contributed by atoms with E-state index in [-0.39, 0.29) is 0 Å². The van der Waals surface area contributed by atoms with Crippen molar-refractivity contribution in [3.63, 3.8) is 0 Å². The number of hydrogen-bond donors (Lipinski definition) is 1. The van der Waals surface area contributed by atoms with Crippen LogP contribution in [0.4, 0.5) is 0 Å². The average Bonchev–Trinajstić information content (AvgIpc) is 2.37. The minimum Gasteiger partial charge on any atom is -0.374 e. The van der Waals surface area contributed by atoms with Crippen molar-refractivity contribution in [1.82, 2.24) is 0 Å². The van der Waals surface area contributed by atoms with Gasteiger partial charge in [0.2, 0.25) is 0 Å². The maximum atomic E-state index is 7.89. The van der Waals surface area contributed by atoms with E-state index in [2.05, 4.69) is 9.69 Å². The molecule has 0 atom stereocenters. The van der Waals surface area contributed by atoms with Gasteiger partial charge >= 0.3 is 8.80 Å². The van der Waals surface area contributed by atoms with E-state index in [0.717, 1.165) is 12.5 Å². The Morgan fingerprint density at radius 3 is 1.62 bits per heavy atom. The lowest BCUT2D eigenvalue weighted by Crippen LogP contribution is -2.46. The lowest BCUT2D eigenvalue weighted by atomic mass is 10.5. The highest BCUT2D eigenvalue weighted by atomic mass is 28.4. The van der Waals surface area contributed by atoms with Gasteiger partial charge in [0, 0.05) is 25.9 Å². The van der Waals surface area contributed by atoms with Crippen LogP contribution in [0.1, 0.15) is 27.2 Å². The van der Waals surface area contributed by atoms with E-state index in [9.17, 15) is 0 Å². The fraction of sp³-hybridized carbons (Fsp3) is 1.00. The first-order valence-electron chi connectivity index (χ1n) is 7.49. The Kier molecular flexibility index (Phi) is 14.4. The van der Waals surface area contributed by atoms with Crippen molar-refractivity contribution in [3.05, 3.63) is 10.4 Å². The van der Waals surface area contributed by atoms with Crippen LogP contribution in [0.2, 0.25) is 25.7 Å². The smallest absolute Gasteiger partial charge is 0.374 e. The van der Waals surface area contributed by atoms with E-state index in [1.807, 2.05) is 40.4 Å². The Labute approximate surface area is 131 Å². The molecule has 0 radical (unpaired) electrons. The topological polar surface area (TPSA) is 102 Å². The number of rotatable bonds is 10. The van der Waals surface area contributed by atoms with Gasteiger partial charge < -0.3 is 19.0 Å². The van der Waals surface area contributed by atoms with Crippen LogP contribution in [0.5, 0.6) is 0 Å². The molecule has 21 heavy (non-hydrogen) atoms. The van der Waals surface area contributed by atoms with Gasteiger partial charge in [-0.2, -0.15) is 0 Å². The molecule has 0 spiro atoms. The Morgan fingerprint density at radius 1 is 1.00 bits per heavy atom. The van der Waals surface area contributed by atoms with Crippen molar-refractivity contribution < 1.29 is 13.3 Å². The van der Waals surface area contributed by atoms with Crippen LogP contribution in [-0.4, -0.2) is 43.4 Å². The predicted octanol–water partition coefficient (Wildman–Crippen LogP) is 3.52. The Bertz CT molecular complexity index is 278. The van der Waals surface area contributed by atoms with E-state index in [0.29, 0.717) is 26.4 Å². The van der Waals surface area contributed by atoms with Crippen LogP contribution in [0, 0.1) is 0 Å². The molecule has 0 saturated carbocycles. The normalized spacial score (nSPS) is 11.4. The molecule has 126 valence electrons. The molecule has 9 heteroatoms. The van der Waals surface area contributed by atoms with Crippen LogP contribution in [0.3, 0.4) is 0 Å². The van der Waals surface area contributed by atoms with Crippen molar-refractivity contribution >= 4 is 17.0 Å². The third-order valence-corrected chi connectivity index (χ3v) is 5.97. The Balaban J connectivity index is 0. The van der Waals surface area contributed by atoms with E-state index in [1.54, 1.807) is 0 Å². The van der Waals surface area contributed by atoms with E-state index < -0.39 is 17.0 Å². The molecule has 0 aliphatic rings. The minimum atomic E-state index is -2.40. The van der Waals surface area contributed by atoms with Crippen molar-refractivity contribution in [2.24, 2.45) is 10.5 Å². The van der Waals surface area contributed by atoms with Crippen LogP contribution in [0.25, 0.3) is 10.4 Å². The Morgan fingerprint density at radius 2 is 1.43 bits per heavy atom. The van der Waals surface area contributed by atoms with Gasteiger partial charge in [-0.3, -0.25) is 0 Å². The Hall–Kier alpha value is -0.416. The van der Waals surface area contributed by atoms with E-state index in [4.69, 9.17) is 24.5 Å². The second kappa shape index (κ2) is 13.3. The first-order valence-corrected chi connectivity index (χ1v) is 12.9. The molecule has 0 aromatic heterocycles. The lowest BCUT2D eigenvalue weighted by Gasteiger charge is -2.28. The van der Waals surface area contributed by atoms with Gasteiger partial charge in [0.25, 0.3) is 0 Å². The summed E-state index contributed by atoms with van der Waals surface area (Å²) >= 11 is 0. The van der Waals surface area contributed by atoms with Crippen LogP contribution in [0.15, 0.2) is 4.78 Å². The molecule has 0 aliphatic carbocycles. The molecule has 2 N–H and O–H groups in total. The monoisotopic (exact) mass is 336 g/mol. The van der Waals surface area contributed by atoms with Gasteiger partial charge in [-0.05, 0) is 44.2 Å². The molecule has 0 aromatic rings. The third kappa shape index (κ3) is 14.3. The zero-order valence-corrected chi connectivity index (χ0v) is 16.4. The highest BCUT2D eigenvalue weighted by Crippen LogP contribution is 2.17. The van der Waals surface area contributed by atoms with Gasteiger partial charge in [-0.25, -0.2) is 0 Å². The standard InChI is InChI=1S/C9H23NO3Si.C3H9N3Si/c1-4-11-14(12-5-2,13-6-3)9-7-8-10;1-7(2,3)6-5-4/h4-10H2,1-3H3;1-3H3. The van der Waals surface area contributed by atoms with Crippen molar-refractivity contribution in [2.45, 2.75) is 52.9 Å². The third-order valence-electron chi connectivity index (χ3n) is 2.12. The fourth-order valence-corrected chi connectivity index (χ4v) is 4.36. The van der Waals surface area contributed by atoms with Crippen molar-refractivity contribution in [3.8, 4) is 0 Å². The number of azide groups is 1. The maximum absolute atomic E-state index is 7.89. The summed E-state index contributed by atoms with van der Waals surface area (Å²) in [5, 5.41) is 0. The summed E-state index contributed by atoms with van der Waals surface area (Å²) in [5.41, 5.74) is 13.4. The average molecular weight is 337 g/mol. The lowest BCUT2D eigenvalue weighted by molar-refractivity contribution is 0.0710. The van der Waals surface area contributed by atoms with Gasteiger partial charge in [0.05, 0.1) is 0 Å². The molecule has 0 aromatic carbocycles. The van der Waals surface area contributed by atoms with Crippen molar-refractivity contribution in [2.75, 3.05) is 26.4 Å². The summed E-state index contributed by atoms with van der Waals surface area (Å²) in [6, 6.07) is 0.818. The number of hydrogen-bond acceptors (Lipinski definition) is 5. The molecule has 0 bridgehead atoms. The highest BCUT2D eigenvalue weighted by molar-refractivity contribution is 6.74. The fourth-order valence-electron chi connectivity index (χ4n) is 1.45. The van der Waals surface area contributed by atoms with Gasteiger partial charge in [0.1, 0.15) is 8.24 Å². The molecule has 0 heterocycles. The molecule has 0 rings (SSSR count). The molecule has 0 amide bonds. The second-order valence-electron chi connectivity index (χ2n) is 5.23. The zero-order chi connectivity index (χ0) is 16.8. The number of nitrogens with zero attached hydrogens (tertiary/aromatic N) is 3. The van der Waals surface area contributed by atoms with Crippen LogP contribution in [-0.2, 0) is 13.3 Å². The summed E-state index contributed by atoms with van der Waals surface area (Å²) in [6.45, 7) is 14.4. The van der Waals surface area contributed by atoms with E-state index in [1.165, 1.54) is 0 Å². The van der Waals surface area contributed by atoms with Gasteiger partial charge in [-0.15, -0.1) is 4.78 Å². The molecule has 0 aliphatic heterocycles. The zero-order valence-electron chi connectivity index (χ0n) is 14.4. The van der Waals surface area contributed by atoms with Crippen molar-refractivity contribution in [1.29, 1.82) is 0 Å². The van der Waals surface area contributed by atoms with Gasteiger partial charge in [0.15, 0.2) is 0 Å². The van der Waals surface area contributed by atoms with Crippen LogP contribution < -0.4 is 5.73 Å². The molecular weight excluding hydrogens is 304 g/mol. The first kappa shape index (κ1) is 22.9. The SMILES string of the molecule is CCO[Si](CCCN)(OCC)OCC.C[Si](C)(C)N=[N+]=[N-]. The summed E-state index contributed by atoms with van der Waals surface area (Å²) in [7, 11) is -3.85. The molecule has 7 nitrogen and oxygen atoms in total. The highest BCUT2D eigenvalue weighted by Gasteiger charge is 2.39. The van der Waals surface area contributed by atoms with E-state index >= 15 is 0 Å². The largest absolute Gasteiger partial charge is 0.500 e. The molecule has 0 unspecified atom stereocenters. The summed E-state index contributed by atoms with van der Waals surface area (Å²) in [5.74, 6) is 0. The maximum Gasteiger partial charge on any atom is 0.500 e. The summed E-state index contributed by atoms with van der Waals surface area (Å²) < 4.78 is 20.5. The number of nitrogens with two attached hydrogens (primary N) is 1. The quantitative estimate of drug-likeness (QED) is 0.285. The summed E-state index contributed by atoms with van der Waals surface area (Å²) in [6.07, 6.45) is 0.895. The minimum absolute atomic E-state index is 0.636. The molecule has 0 fully saturated rings. The van der Waals surface area contributed by atoms with Gasteiger partial charge in [-0.1, -0.05) is 19.6 Å². The second-order valence-corrected chi connectivity index (χ2v) is 12.5. The molecule has 0 saturated heterocycles.